The predicted molar refractivity (Wildman–Crippen MR) is 124 cm³/mol. The van der Waals surface area contributed by atoms with Gasteiger partial charge in [-0.25, -0.2) is 8.42 Å². The van der Waals surface area contributed by atoms with Gasteiger partial charge in [0.25, 0.3) is 5.91 Å². The lowest BCUT2D eigenvalue weighted by atomic mass is 10.0. The number of nitrogens with one attached hydrogen (secondary N) is 1. The van der Waals surface area contributed by atoms with Gasteiger partial charge in [0.05, 0.1) is 26.6 Å². The van der Waals surface area contributed by atoms with E-state index in [1.165, 1.54) is 4.31 Å². The minimum Gasteiger partial charge on any atom is -0.494 e. The van der Waals surface area contributed by atoms with Gasteiger partial charge >= 0.3 is 0 Å². The van der Waals surface area contributed by atoms with Gasteiger partial charge in [0.2, 0.25) is 10.0 Å². The second-order valence-corrected chi connectivity index (χ2v) is 9.51. The van der Waals surface area contributed by atoms with Crippen LogP contribution in [0.25, 0.3) is 0 Å². The molecule has 1 aliphatic heterocycles. The molecular formula is C23H30N2O7S. The molecule has 1 aliphatic rings. The van der Waals surface area contributed by atoms with Crippen molar-refractivity contribution in [1.29, 1.82) is 0 Å². The van der Waals surface area contributed by atoms with Crippen LogP contribution in [-0.4, -0.2) is 64.9 Å². The van der Waals surface area contributed by atoms with Gasteiger partial charge in [-0.15, -0.1) is 0 Å². The Balaban J connectivity index is 1.47. The normalized spacial score (nSPS) is 13.7. The Labute approximate surface area is 194 Å². The standard InChI is InChI=1S/C23H30N2O7S/c1-4-31-19-5-7-20(8-6-19)32-16-23(26)24-10-12-33(27,28)25-11-9-17-13-21(29-2)22(30-3)14-18(17)15-25/h5-8,13-14H,4,9-12,15-16H2,1-3H3,(H,24,26). The van der Waals surface area contributed by atoms with Gasteiger partial charge < -0.3 is 24.3 Å². The van der Waals surface area contributed by atoms with E-state index in [4.69, 9.17) is 18.9 Å². The zero-order valence-corrected chi connectivity index (χ0v) is 19.9. The number of hydrogen-bond donors (Lipinski definition) is 1. The number of rotatable bonds is 11. The van der Waals surface area contributed by atoms with E-state index in [1.807, 2.05) is 19.1 Å². The highest BCUT2D eigenvalue weighted by molar-refractivity contribution is 7.89. The van der Waals surface area contributed by atoms with E-state index >= 15 is 0 Å². The average Bonchev–Trinajstić information content (AvgIpc) is 2.82. The molecule has 0 spiro atoms. The molecule has 0 bridgehead atoms. The Morgan fingerprint density at radius 2 is 1.61 bits per heavy atom. The smallest absolute Gasteiger partial charge is 0.257 e. The molecule has 0 saturated carbocycles. The topological polar surface area (TPSA) is 103 Å². The Morgan fingerprint density at radius 3 is 2.21 bits per heavy atom. The maximum Gasteiger partial charge on any atom is 0.257 e. The third-order valence-corrected chi connectivity index (χ3v) is 7.08. The molecule has 1 heterocycles. The highest BCUT2D eigenvalue weighted by atomic mass is 32.2. The molecule has 2 aromatic carbocycles. The second-order valence-electron chi connectivity index (χ2n) is 7.42. The molecule has 1 N–H and O–H groups in total. The van der Waals surface area contributed by atoms with E-state index in [0.29, 0.717) is 36.8 Å². The summed E-state index contributed by atoms with van der Waals surface area (Å²) >= 11 is 0. The molecule has 3 rings (SSSR count). The van der Waals surface area contributed by atoms with Crippen molar-refractivity contribution in [2.45, 2.75) is 19.9 Å². The quantitative estimate of drug-likeness (QED) is 0.527. The summed E-state index contributed by atoms with van der Waals surface area (Å²) in [6, 6.07) is 10.6. The lowest BCUT2D eigenvalue weighted by Crippen LogP contribution is -2.41. The fourth-order valence-electron chi connectivity index (χ4n) is 3.54. The third-order valence-electron chi connectivity index (χ3n) is 5.26. The molecule has 180 valence electrons. The Bertz CT molecular complexity index is 1060. The first-order chi connectivity index (χ1) is 15.9. The zero-order chi connectivity index (χ0) is 23.8. The van der Waals surface area contributed by atoms with Crippen LogP contribution in [0.5, 0.6) is 23.0 Å². The lowest BCUT2D eigenvalue weighted by Gasteiger charge is -2.29. The first kappa shape index (κ1) is 24.7. The van der Waals surface area contributed by atoms with Crippen LogP contribution in [0.1, 0.15) is 18.1 Å². The molecule has 2 aromatic rings. The minimum atomic E-state index is -3.54. The Morgan fingerprint density at radius 1 is 1.00 bits per heavy atom. The molecule has 0 radical (unpaired) electrons. The van der Waals surface area contributed by atoms with E-state index in [2.05, 4.69) is 5.32 Å². The number of fused-ring (bicyclic) bond motifs is 1. The fourth-order valence-corrected chi connectivity index (χ4v) is 4.87. The Hall–Kier alpha value is -2.98. The summed E-state index contributed by atoms with van der Waals surface area (Å²) in [5, 5.41) is 2.60. The summed E-state index contributed by atoms with van der Waals surface area (Å²) in [6.45, 7) is 2.90. The van der Waals surface area contributed by atoms with E-state index in [9.17, 15) is 13.2 Å². The summed E-state index contributed by atoms with van der Waals surface area (Å²) < 4.78 is 48.5. The van der Waals surface area contributed by atoms with Crippen LogP contribution in [0.2, 0.25) is 0 Å². The van der Waals surface area contributed by atoms with E-state index in [0.717, 1.165) is 16.9 Å². The zero-order valence-electron chi connectivity index (χ0n) is 19.1. The maximum atomic E-state index is 12.8. The molecule has 0 aliphatic carbocycles. The molecule has 9 nitrogen and oxygen atoms in total. The van der Waals surface area contributed by atoms with Gasteiger partial charge in [-0.1, -0.05) is 0 Å². The first-order valence-corrected chi connectivity index (χ1v) is 12.3. The van der Waals surface area contributed by atoms with Gasteiger partial charge in [-0.2, -0.15) is 4.31 Å². The minimum absolute atomic E-state index is 0.00307. The van der Waals surface area contributed by atoms with Crippen LogP contribution in [0.4, 0.5) is 0 Å². The molecule has 1 amide bonds. The average molecular weight is 479 g/mol. The first-order valence-electron chi connectivity index (χ1n) is 10.7. The number of carbonyl (C=O) groups excluding carboxylic acids is 1. The molecule has 10 heteroatoms. The van der Waals surface area contributed by atoms with E-state index in [-0.39, 0.29) is 31.4 Å². The Kier molecular flexibility index (Phi) is 8.40. The van der Waals surface area contributed by atoms with Crippen molar-refractivity contribution in [2.24, 2.45) is 0 Å². The van der Waals surface area contributed by atoms with Gasteiger partial charge in [-0.3, -0.25) is 4.79 Å². The summed E-state index contributed by atoms with van der Waals surface area (Å²) in [5.74, 6) is 1.86. The predicted octanol–water partition coefficient (Wildman–Crippen LogP) is 1.99. The van der Waals surface area contributed by atoms with Crippen molar-refractivity contribution in [3.05, 3.63) is 47.5 Å². The van der Waals surface area contributed by atoms with Crippen molar-refractivity contribution in [1.82, 2.24) is 9.62 Å². The summed E-state index contributed by atoms with van der Waals surface area (Å²) in [5.41, 5.74) is 1.93. The van der Waals surface area contributed by atoms with Crippen LogP contribution in [0.3, 0.4) is 0 Å². The van der Waals surface area contributed by atoms with Crippen molar-refractivity contribution >= 4 is 15.9 Å². The number of methoxy groups -OCH3 is 2. The van der Waals surface area contributed by atoms with Gasteiger partial charge in [0, 0.05) is 19.6 Å². The molecule has 0 unspecified atom stereocenters. The number of nitrogens with zero attached hydrogens (tertiary/aromatic N) is 1. The molecule has 0 fully saturated rings. The molecule has 33 heavy (non-hydrogen) atoms. The lowest BCUT2D eigenvalue weighted by molar-refractivity contribution is -0.122. The van der Waals surface area contributed by atoms with Crippen molar-refractivity contribution in [2.75, 3.05) is 46.3 Å². The summed E-state index contributed by atoms with van der Waals surface area (Å²) in [4.78, 5) is 12.0. The maximum absolute atomic E-state index is 12.8. The highest BCUT2D eigenvalue weighted by Gasteiger charge is 2.27. The van der Waals surface area contributed by atoms with Crippen LogP contribution < -0.4 is 24.3 Å². The molecule has 0 atom stereocenters. The monoisotopic (exact) mass is 478 g/mol. The van der Waals surface area contributed by atoms with Crippen LogP contribution in [0, 0.1) is 0 Å². The highest BCUT2D eigenvalue weighted by Crippen LogP contribution is 2.33. The number of amides is 1. The van der Waals surface area contributed by atoms with Gasteiger partial charge in [0.15, 0.2) is 18.1 Å². The van der Waals surface area contributed by atoms with Crippen LogP contribution in [0.15, 0.2) is 36.4 Å². The van der Waals surface area contributed by atoms with E-state index in [1.54, 1.807) is 38.5 Å². The van der Waals surface area contributed by atoms with Crippen molar-refractivity contribution in [3.63, 3.8) is 0 Å². The molecule has 0 aromatic heterocycles. The largest absolute Gasteiger partial charge is 0.494 e. The summed E-state index contributed by atoms with van der Waals surface area (Å²) in [6.07, 6.45) is 0.581. The van der Waals surface area contributed by atoms with Crippen LogP contribution in [-0.2, 0) is 27.8 Å². The number of sulfonamides is 1. The van der Waals surface area contributed by atoms with Crippen molar-refractivity contribution < 1.29 is 32.2 Å². The SMILES string of the molecule is CCOc1ccc(OCC(=O)NCCS(=O)(=O)N2CCc3cc(OC)c(OC)cc3C2)cc1. The fraction of sp³-hybridized carbons (Fsp3) is 0.435. The van der Waals surface area contributed by atoms with Crippen LogP contribution >= 0.6 is 0 Å². The van der Waals surface area contributed by atoms with E-state index < -0.39 is 10.0 Å². The van der Waals surface area contributed by atoms with Gasteiger partial charge in [0.1, 0.15) is 11.5 Å². The third kappa shape index (κ3) is 6.52. The molecule has 0 saturated heterocycles. The second kappa shape index (κ2) is 11.2. The number of carbonyl (C=O) groups is 1. The molecular weight excluding hydrogens is 448 g/mol. The summed E-state index contributed by atoms with van der Waals surface area (Å²) in [7, 11) is -0.426. The number of hydrogen-bond acceptors (Lipinski definition) is 7. The number of ether oxygens (including phenoxy) is 4. The number of benzene rings is 2. The van der Waals surface area contributed by atoms with Crippen molar-refractivity contribution in [3.8, 4) is 23.0 Å². The van der Waals surface area contributed by atoms with Gasteiger partial charge in [-0.05, 0) is 60.9 Å².